The van der Waals surface area contributed by atoms with E-state index >= 15 is 0 Å². The van der Waals surface area contributed by atoms with Crippen molar-refractivity contribution in [1.29, 1.82) is 0 Å². The van der Waals surface area contributed by atoms with Crippen LogP contribution < -0.4 is 0 Å². The van der Waals surface area contributed by atoms with Crippen LogP contribution in [0.1, 0.15) is 5.56 Å². The van der Waals surface area contributed by atoms with Crippen LogP contribution in [0, 0.1) is 11.8 Å². The fourth-order valence-electron chi connectivity index (χ4n) is 1.77. The fraction of sp³-hybridized carbons (Fsp3) is 0.0833. The molecule has 0 fully saturated rings. The van der Waals surface area contributed by atoms with Crippen molar-refractivity contribution in [1.82, 2.24) is 9.38 Å². The highest BCUT2D eigenvalue weighted by molar-refractivity contribution is 7.15. The molecule has 0 spiro atoms. The van der Waals surface area contributed by atoms with Gasteiger partial charge in [-0.1, -0.05) is 29.8 Å². The SMILES string of the molecule is Cc1ccc(-c2nc3sccn3c2N=O)cc1. The predicted molar refractivity (Wildman–Crippen MR) is 68.7 cm³/mol. The van der Waals surface area contributed by atoms with Crippen molar-refractivity contribution in [3.63, 3.8) is 0 Å². The number of aromatic nitrogens is 2. The maximum atomic E-state index is 10.9. The molecule has 0 aliphatic rings. The van der Waals surface area contributed by atoms with Crippen molar-refractivity contribution < 1.29 is 0 Å². The Morgan fingerprint density at radius 1 is 1.29 bits per heavy atom. The summed E-state index contributed by atoms with van der Waals surface area (Å²) in [7, 11) is 0. The number of hydrogen-bond donors (Lipinski definition) is 0. The molecule has 1 aromatic carbocycles. The summed E-state index contributed by atoms with van der Waals surface area (Å²) in [5, 5.41) is 4.97. The third kappa shape index (κ3) is 1.55. The molecular formula is C12H9N3OS. The predicted octanol–water partition coefficient (Wildman–Crippen LogP) is 3.77. The molecule has 0 bridgehead atoms. The van der Waals surface area contributed by atoms with E-state index in [-0.39, 0.29) is 0 Å². The number of aryl methyl sites for hydroxylation is 1. The van der Waals surface area contributed by atoms with Crippen molar-refractivity contribution in [2.45, 2.75) is 6.92 Å². The second kappa shape index (κ2) is 3.78. The average Bonchev–Trinajstić information content (AvgIpc) is 2.89. The van der Waals surface area contributed by atoms with Crippen LogP contribution in [0.2, 0.25) is 0 Å². The summed E-state index contributed by atoms with van der Waals surface area (Å²) in [6, 6.07) is 7.90. The minimum absolute atomic E-state index is 0.366. The van der Waals surface area contributed by atoms with E-state index in [1.54, 1.807) is 10.6 Å². The third-order valence-electron chi connectivity index (χ3n) is 2.65. The summed E-state index contributed by atoms with van der Waals surface area (Å²) in [5.74, 6) is 0.366. The summed E-state index contributed by atoms with van der Waals surface area (Å²) >= 11 is 1.49. The van der Waals surface area contributed by atoms with E-state index in [9.17, 15) is 4.91 Å². The van der Waals surface area contributed by atoms with Gasteiger partial charge in [-0.25, -0.2) is 4.98 Å². The van der Waals surface area contributed by atoms with E-state index in [4.69, 9.17) is 0 Å². The quantitative estimate of drug-likeness (QED) is 0.643. The van der Waals surface area contributed by atoms with Gasteiger partial charge in [0.25, 0.3) is 0 Å². The van der Waals surface area contributed by atoms with Crippen molar-refractivity contribution >= 4 is 22.1 Å². The molecule has 5 heteroatoms. The van der Waals surface area contributed by atoms with E-state index < -0.39 is 0 Å². The first-order chi connectivity index (χ1) is 8.29. The van der Waals surface area contributed by atoms with E-state index in [2.05, 4.69) is 10.2 Å². The zero-order valence-corrected chi connectivity index (χ0v) is 9.94. The average molecular weight is 243 g/mol. The van der Waals surface area contributed by atoms with Gasteiger partial charge in [0.2, 0.25) is 5.82 Å². The van der Waals surface area contributed by atoms with Crippen molar-refractivity contribution in [2.75, 3.05) is 0 Å². The number of nitrogens with zero attached hydrogens (tertiary/aromatic N) is 3. The Labute approximate surface area is 102 Å². The molecule has 3 rings (SSSR count). The molecular weight excluding hydrogens is 234 g/mol. The molecule has 0 aliphatic heterocycles. The first-order valence-corrected chi connectivity index (χ1v) is 6.03. The van der Waals surface area contributed by atoms with E-state index in [1.165, 1.54) is 16.9 Å². The summed E-state index contributed by atoms with van der Waals surface area (Å²) in [4.78, 5) is 16.2. The van der Waals surface area contributed by atoms with Crippen LogP contribution in [0.15, 0.2) is 41.0 Å². The van der Waals surface area contributed by atoms with Gasteiger partial charge in [0.15, 0.2) is 4.96 Å². The van der Waals surface area contributed by atoms with Crippen LogP contribution in [0.25, 0.3) is 16.2 Å². The first-order valence-electron chi connectivity index (χ1n) is 5.15. The molecule has 84 valence electrons. The summed E-state index contributed by atoms with van der Waals surface area (Å²) in [5.41, 5.74) is 2.74. The Hall–Kier alpha value is -2.01. The molecule has 0 atom stereocenters. The fourth-order valence-corrected chi connectivity index (χ4v) is 2.48. The normalized spacial score (nSPS) is 10.9. The smallest absolute Gasteiger partial charge is 0.210 e. The second-order valence-corrected chi connectivity index (χ2v) is 4.67. The van der Waals surface area contributed by atoms with Gasteiger partial charge >= 0.3 is 0 Å². The van der Waals surface area contributed by atoms with Gasteiger partial charge in [0.1, 0.15) is 5.69 Å². The molecule has 17 heavy (non-hydrogen) atoms. The van der Waals surface area contributed by atoms with E-state index in [0.29, 0.717) is 11.5 Å². The zero-order chi connectivity index (χ0) is 11.8. The Kier molecular flexibility index (Phi) is 2.26. The lowest BCUT2D eigenvalue weighted by molar-refractivity contribution is 1.20. The lowest BCUT2D eigenvalue weighted by atomic mass is 10.1. The van der Waals surface area contributed by atoms with Crippen LogP contribution in [-0.2, 0) is 0 Å². The lowest BCUT2D eigenvalue weighted by Crippen LogP contribution is -1.79. The van der Waals surface area contributed by atoms with Crippen LogP contribution in [0.5, 0.6) is 0 Å². The highest BCUT2D eigenvalue weighted by Crippen LogP contribution is 2.32. The summed E-state index contributed by atoms with van der Waals surface area (Å²) in [6.07, 6.45) is 1.81. The largest absolute Gasteiger partial charge is 0.272 e. The molecule has 2 heterocycles. The van der Waals surface area contributed by atoms with Crippen LogP contribution in [0.4, 0.5) is 5.82 Å². The van der Waals surface area contributed by atoms with E-state index in [0.717, 1.165) is 10.5 Å². The van der Waals surface area contributed by atoms with Crippen LogP contribution in [0.3, 0.4) is 0 Å². The molecule has 0 N–H and O–H groups in total. The van der Waals surface area contributed by atoms with Gasteiger partial charge in [-0.05, 0) is 12.1 Å². The molecule has 3 aromatic rings. The third-order valence-corrected chi connectivity index (χ3v) is 3.40. The number of fused-ring (bicyclic) bond motifs is 1. The monoisotopic (exact) mass is 243 g/mol. The number of nitroso groups, excluding NO2 is 1. The van der Waals surface area contributed by atoms with Crippen LogP contribution in [-0.4, -0.2) is 9.38 Å². The highest BCUT2D eigenvalue weighted by Gasteiger charge is 2.15. The zero-order valence-electron chi connectivity index (χ0n) is 9.12. The molecule has 0 amide bonds. The van der Waals surface area contributed by atoms with Crippen molar-refractivity contribution in [3.05, 3.63) is 46.3 Å². The first kappa shape index (κ1) is 10.2. The van der Waals surface area contributed by atoms with Crippen molar-refractivity contribution in [3.8, 4) is 11.3 Å². The topological polar surface area (TPSA) is 46.7 Å². The Morgan fingerprint density at radius 2 is 2.06 bits per heavy atom. The number of benzene rings is 1. The minimum atomic E-state index is 0.366. The maximum absolute atomic E-state index is 10.9. The van der Waals surface area contributed by atoms with Gasteiger partial charge in [-0.2, -0.15) is 0 Å². The summed E-state index contributed by atoms with van der Waals surface area (Å²) in [6.45, 7) is 2.02. The van der Waals surface area contributed by atoms with Crippen molar-refractivity contribution in [2.24, 2.45) is 5.18 Å². The number of rotatable bonds is 2. The molecule has 2 aromatic heterocycles. The number of imidazole rings is 1. The molecule has 0 unspecified atom stereocenters. The minimum Gasteiger partial charge on any atom is -0.272 e. The van der Waals surface area contributed by atoms with Gasteiger partial charge in [-0.15, -0.1) is 16.2 Å². The molecule has 0 saturated carbocycles. The Bertz CT molecular complexity index is 681. The Balaban J connectivity index is 2.25. The van der Waals surface area contributed by atoms with Gasteiger partial charge in [-0.3, -0.25) is 4.40 Å². The molecule has 0 saturated heterocycles. The van der Waals surface area contributed by atoms with Crippen LogP contribution >= 0.6 is 11.3 Å². The second-order valence-electron chi connectivity index (χ2n) is 3.80. The van der Waals surface area contributed by atoms with Gasteiger partial charge < -0.3 is 0 Å². The summed E-state index contributed by atoms with van der Waals surface area (Å²) < 4.78 is 1.72. The molecule has 0 aliphatic carbocycles. The standard InChI is InChI=1S/C12H9N3OS/c1-8-2-4-9(5-3-8)10-11(14-16)15-6-7-17-12(15)13-10/h2-7H,1H3. The number of thiazole rings is 1. The Morgan fingerprint density at radius 3 is 2.76 bits per heavy atom. The number of hydrogen-bond acceptors (Lipinski definition) is 4. The molecule has 0 radical (unpaired) electrons. The maximum Gasteiger partial charge on any atom is 0.210 e. The van der Waals surface area contributed by atoms with Gasteiger partial charge in [0.05, 0.1) is 0 Å². The molecule has 4 nitrogen and oxygen atoms in total. The highest BCUT2D eigenvalue weighted by atomic mass is 32.1. The van der Waals surface area contributed by atoms with E-state index in [1.807, 2.05) is 36.6 Å². The van der Waals surface area contributed by atoms with Gasteiger partial charge in [0, 0.05) is 17.1 Å². The lowest BCUT2D eigenvalue weighted by Gasteiger charge is -1.98.